The van der Waals surface area contributed by atoms with Crippen LogP contribution in [-0.4, -0.2) is 56.4 Å². The number of halogens is 3. The molecule has 1 saturated carbocycles. The first-order valence-corrected chi connectivity index (χ1v) is 11.1. The SMILES string of the molecule is CN1C=C(S(=O)(=O)N2CC3CCC(NC(=O)c4ccccc4C(F)(F)F)C3C2)NC1. The summed E-state index contributed by atoms with van der Waals surface area (Å²) < 4.78 is 66.8. The molecule has 2 fully saturated rings. The molecule has 11 heteroatoms. The van der Waals surface area contributed by atoms with Crippen LogP contribution in [0.3, 0.4) is 0 Å². The predicted octanol–water partition coefficient (Wildman–Crippen LogP) is 1.77. The Morgan fingerprint density at radius 3 is 2.60 bits per heavy atom. The third kappa shape index (κ3) is 3.76. The molecule has 1 amide bonds. The topological polar surface area (TPSA) is 81.8 Å². The minimum atomic E-state index is -4.63. The molecule has 2 N–H and O–H groups in total. The normalized spacial score (nSPS) is 27.0. The van der Waals surface area contributed by atoms with Crippen LogP contribution >= 0.6 is 0 Å². The molecule has 2 heterocycles. The highest BCUT2D eigenvalue weighted by Crippen LogP contribution is 2.40. The number of hydrogen-bond donors (Lipinski definition) is 2. The first-order valence-electron chi connectivity index (χ1n) is 9.70. The Morgan fingerprint density at radius 1 is 1.20 bits per heavy atom. The predicted molar refractivity (Wildman–Crippen MR) is 103 cm³/mol. The summed E-state index contributed by atoms with van der Waals surface area (Å²) in [5, 5.41) is 5.73. The lowest BCUT2D eigenvalue weighted by Gasteiger charge is -2.22. The molecule has 1 saturated heterocycles. The van der Waals surface area contributed by atoms with Crippen LogP contribution in [-0.2, 0) is 16.2 Å². The van der Waals surface area contributed by atoms with Gasteiger partial charge in [0.1, 0.15) is 0 Å². The van der Waals surface area contributed by atoms with Crippen molar-refractivity contribution in [2.75, 3.05) is 26.8 Å². The van der Waals surface area contributed by atoms with Crippen LogP contribution in [0.25, 0.3) is 0 Å². The minimum Gasteiger partial charge on any atom is -0.361 e. The molecule has 0 aromatic heterocycles. The molecule has 1 aromatic rings. The van der Waals surface area contributed by atoms with Gasteiger partial charge in [-0.3, -0.25) is 4.79 Å². The molecule has 30 heavy (non-hydrogen) atoms. The van der Waals surface area contributed by atoms with Crippen molar-refractivity contribution in [1.29, 1.82) is 0 Å². The highest BCUT2D eigenvalue weighted by molar-refractivity contribution is 7.93. The Balaban J connectivity index is 1.47. The maximum absolute atomic E-state index is 13.2. The molecule has 2 aliphatic heterocycles. The van der Waals surface area contributed by atoms with Gasteiger partial charge in [0.2, 0.25) is 0 Å². The van der Waals surface area contributed by atoms with Crippen molar-refractivity contribution in [2.45, 2.75) is 25.1 Å². The minimum absolute atomic E-state index is 0.0719. The Bertz CT molecular complexity index is 979. The van der Waals surface area contributed by atoms with Gasteiger partial charge in [0.05, 0.1) is 17.8 Å². The average Bonchev–Trinajstić information content (AvgIpc) is 3.38. The van der Waals surface area contributed by atoms with Crippen LogP contribution in [0.5, 0.6) is 0 Å². The lowest BCUT2D eigenvalue weighted by molar-refractivity contribution is -0.137. The number of sulfonamides is 1. The molecule has 3 unspecified atom stereocenters. The molecule has 0 radical (unpaired) electrons. The van der Waals surface area contributed by atoms with E-state index in [1.807, 2.05) is 0 Å². The van der Waals surface area contributed by atoms with Gasteiger partial charge in [-0.15, -0.1) is 0 Å². The third-order valence-corrected chi connectivity index (χ3v) is 7.86. The second-order valence-electron chi connectivity index (χ2n) is 8.03. The molecule has 7 nitrogen and oxygen atoms in total. The van der Waals surface area contributed by atoms with Gasteiger partial charge < -0.3 is 15.5 Å². The van der Waals surface area contributed by atoms with Crippen LogP contribution in [0.2, 0.25) is 0 Å². The Hall–Kier alpha value is -2.27. The molecule has 4 rings (SSSR count). The van der Waals surface area contributed by atoms with Crippen molar-refractivity contribution in [1.82, 2.24) is 19.8 Å². The van der Waals surface area contributed by atoms with Crippen molar-refractivity contribution >= 4 is 15.9 Å². The number of carbonyl (C=O) groups is 1. The summed E-state index contributed by atoms with van der Waals surface area (Å²) in [6, 6.07) is 4.32. The standard InChI is InChI=1S/C19H23F3N4O3S/c1-25-10-17(23-11-25)30(28,29)26-8-12-6-7-16(14(12)9-26)24-18(27)13-4-2-3-5-15(13)19(20,21)22/h2-5,10,12,14,16,23H,6-9,11H2,1H3,(H,24,27). The number of nitrogens with one attached hydrogen (secondary N) is 2. The zero-order chi connectivity index (χ0) is 21.7. The van der Waals surface area contributed by atoms with Gasteiger partial charge >= 0.3 is 6.18 Å². The summed E-state index contributed by atoms with van der Waals surface area (Å²) in [6.45, 7) is 0.995. The number of alkyl halides is 3. The van der Waals surface area contributed by atoms with Crippen LogP contribution in [0.15, 0.2) is 35.5 Å². The molecule has 1 aromatic carbocycles. The fourth-order valence-electron chi connectivity index (χ4n) is 4.57. The second kappa shape index (κ2) is 7.45. The molecule has 164 valence electrons. The summed E-state index contributed by atoms with van der Waals surface area (Å²) in [5.74, 6) is -0.833. The van der Waals surface area contributed by atoms with Crippen molar-refractivity contribution < 1.29 is 26.4 Å². The number of rotatable bonds is 4. The van der Waals surface area contributed by atoms with E-state index in [4.69, 9.17) is 0 Å². The van der Waals surface area contributed by atoms with Crippen LogP contribution < -0.4 is 10.6 Å². The summed E-state index contributed by atoms with van der Waals surface area (Å²) >= 11 is 0. The highest BCUT2D eigenvalue weighted by Gasteiger charge is 2.48. The van der Waals surface area contributed by atoms with E-state index in [0.29, 0.717) is 19.6 Å². The monoisotopic (exact) mass is 444 g/mol. The summed E-state index contributed by atoms with van der Waals surface area (Å²) in [6.07, 6.45) is -1.75. The van der Waals surface area contributed by atoms with Crippen LogP contribution in [0, 0.1) is 11.8 Å². The molecule has 3 aliphatic rings. The highest BCUT2D eigenvalue weighted by atomic mass is 32.2. The van der Waals surface area contributed by atoms with Gasteiger partial charge in [0, 0.05) is 32.4 Å². The van der Waals surface area contributed by atoms with Crippen molar-refractivity contribution in [3.05, 3.63) is 46.6 Å². The third-order valence-electron chi connectivity index (χ3n) is 6.08. The van der Waals surface area contributed by atoms with Gasteiger partial charge in [-0.25, -0.2) is 8.42 Å². The number of carbonyl (C=O) groups excluding carboxylic acids is 1. The van der Waals surface area contributed by atoms with E-state index in [0.717, 1.165) is 18.6 Å². The van der Waals surface area contributed by atoms with Gasteiger partial charge in [-0.05, 0) is 36.8 Å². The maximum Gasteiger partial charge on any atom is 0.417 e. The number of benzene rings is 1. The fourth-order valence-corrected chi connectivity index (χ4v) is 6.16. The van der Waals surface area contributed by atoms with Crippen molar-refractivity contribution in [2.24, 2.45) is 11.8 Å². The zero-order valence-corrected chi connectivity index (χ0v) is 17.1. The van der Waals surface area contributed by atoms with Crippen LogP contribution in [0.1, 0.15) is 28.8 Å². The number of nitrogens with zero attached hydrogens (tertiary/aromatic N) is 2. The fraction of sp³-hybridized carbons (Fsp3) is 0.526. The van der Waals surface area contributed by atoms with Gasteiger partial charge in [0.15, 0.2) is 5.03 Å². The van der Waals surface area contributed by atoms with E-state index >= 15 is 0 Å². The number of hydrogen-bond acceptors (Lipinski definition) is 5. The van der Waals surface area contributed by atoms with E-state index in [1.54, 1.807) is 11.9 Å². The van der Waals surface area contributed by atoms with E-state index in [-0.39, 0.29) is 29.5 Å². The molecule has 3 atom stereocenters. The average molecular weight is 444 g/mol. The smallest absolute Gasteiger partial charge is 0.361 e. The Kier molecular flexibility index (Phi) is 5.21. The van der Waals surface area contributed by atoms with Crippen LogP contribution in [0.4, 0.5) is 13.2 Å². The summed E-state index contributed by atoms with van der Waals surface area (Å²) in [5.41, 5.74) is -1.39. The number of amides is 1. The Labute approximate surface area is 173 Å². The molecule has 0 bridgehead atoms. The quantitative estimate of drug-likeness (QED) is 0.740. The molecular weight excluding hydrogens is 421 g/mol. The van der Waals surface area contributed by atoms with Crippen molar-refractivity contribution in [3.8, 4) is 0 Å². The maximum atomic E-state index is 13.2. The Morgan fingerprint density at radius 2 is 1.93 bits per heavy atom. The first-order chi connectivity index (χ1) is 14.1. The van der Waals surface area contributed by atoms with Gasteiger partial charge in [-0.1, -0.05) is 12.1 Å². The lowest BCUT2D eigenvalue weighted by Crippen LogP contribution is -2.41. The van der Waals surface area contributed by atoms with Crippen molar-refractivity contribution in [3.63, 3.8) is 0 Å². The molecule has 1 aliphatic carbocycles. The lowest BCUT2D eigenvalue weighted by atomic mass is 9.97. The zero-order valence-electron chi connectivity index (χ0n) is 16.3. The summed E-state index contributed by atoms with van der Waals surface area (Å²) in [4.78, 5) is 14.3. The summed E-state index contributed by atoms with van der Waals surface area (Å²) in [7, 11) is -1.90. The van der Waals surface area contributed by atoms with E-state index in [1.165, 1.54) is 22.6 Å². The number of fused-ring (bicyclic) bond motifs is 1. The van der Waals surface area contributed by atoms with E-state index in [2.05, 4.69) is 10.6 Å². The largest absolute Gasteiger partial charge is 0.417 e. The molecule has 0 spiro atoms. The second-order valence-corrected chi connectivity index (χ2v) is 9.94. The van der Waals surface area contributed by atoms with E-state index in [9.17, 15) is 26.4 Å². The van der Waals surface area contributed by atoms with Gasteiger partial charge in [0.25, 0.3) is 15.9 Å². The van der Waals surface area contributed by atoms with Gasteiger partial charge in [-0.2, -0.15) is 17.5 Å². The molecular formula is C19H23F3N4O3S. The first kappa shape index (κ1) is 21.0. The van der Waals surface area contributed by atoms with E-state index < -0.39 is 33.2 Å².